The van der Waals surface area contributed by atoms with E-state index < -0.39 is 12.6 Å². The van der Waals surface area contributed by atoms with Crippen LogP contribution in [0, 0.1) is 0 Å². The van der Waals surface area contributed by atoms with Crippen LogP contribution in [0.15, 0.2) is 18.6 Å². The number of hydrogen-bond acceptors (Lipinski definition) is 2. The van der Waals surface area contributed by atoms with E-state index in [0.29, 0.717) is 0 Å². The van der Waals surface area contributed by atoms with Crippen molar-refractivity contribution in [2.75, 3.05) is 0 Å². The third-order valence-corrected chi connectivity index (χ3v) is 0.998. The van der Waals surface area contributed by atoms with E-state index in [9.17, 15) is 13.2 Å². The summed E-state index contributed by atoms with van der Waals surface area (Å²) in [6.07, 6.45) is -1.54. The van der Waals surface area contributed by atoms with Crippen molar-refractivity contribution in [2.24, 2.45) is 0 Å². The van der Waals surface area contributed by atoms with Crippen LogP contribution >= 0.6 is 0 Å². The Kier molecular flexibility index (Phi) is 2.07. The maximum Gasteiger partial charge on any atom is 0.394 e. The topological polar surface area (TPSA) is 25.8 Å². The maximum absolute atomic E-state index is 11.7. The molecule has 1 heterocycles. The Labute approximate surface area is 61.1 Å². The van der Waals surface area contributed by atoms with Gasteiger partial charge in [0.2, 0.25) is 0 Å². The molecule has 0 aromatic carbocycles. The molecule has 0 saturated carbocycles. The molecule has 1 rings (SSSR count). The predicted molar refractivity (Wildman–Crippen MR) is 31.8 cm³/mol. The van der Waals surface area contributed by atoms with Crippen molar-refractivity contribution in [2.45, 2.75) is 12.6 Å². The van der Waals surface area contributed by atoms with Gasteiger partial charge in [-0.05, 0) is 0 Å². The van der Waals surface area contributed by atoms with E-state index >= 15 is 0 Å². The lowest BCUT2D eigenvalue weighted by Crippen LogP contribution is -2.12. The number of hydrogen-bond donors (Lipinski definition) is 0. The Morgan fingerprint density at radius 1 is 1.27 bits per heavy atom. The fourth-order valence-electron chi connectivity index (χ4n) is 0.627. The molecule has 60 valence electrons. The Balaban J connectivity index is 2.66. The van der Waals surface area contributed by atoms with Gasteiger partial charge in [0.15, 0.2) is 0 Å². The number of halogens is 3. The molecule has 0 N–H and O–H groups in total. The van der Waals surface area contributed by atoms with Crippen LogP contribution in [-0.4, -0.2) is 16.1 Å². The quantitative estimate of drug-likeness (QED) is 0.626. The van der Waals surface area contributed by atoms with Crippen LogP contribution in [0.3, 0.4) is 0 Å². The van der Waals surface area contributed by atoms with Crippen LogP contribution in [0.1, 0.15) is 5.69 Å². The van der Waals surface area contributed by atoms with E-state index in [-0.39, 0.29) is 5.69 Å². The van der Waals surface area contributed by atoms with Gasteiger partial charge in [0.25, 0.3) is 0 Å². The van der Waals surface area contributed by atoms with Crippen molar-refractivity contribution in [3.63, 3.8) is 0 Å². The molecule has 0 aliphatic carbocycles. The molecule has 1 aromatic rings. The summed E-state index contributed by atoms with van der Waals surface area (Å²) in [6, 6.07) is 0. The first kappa shape index (κ1) is 7.97. The second-order valence-electron chi connectivity index (χ2n) is 1.99. The zero-order valence-corrected chi connectivity index (χ0v) is 5.47. The summed E-state index contributed by atoms with van der Waals surface area (Å²) in [5, 5.41) is 0. The van der Waals surface area contributed by atoms with Crippen LogP contribution in [0.2, 0.25) is 0 Å². The number of aromatic nitrogens is 2. The highest BCUT2D eigenvalue weighted by atomic mass is 19.4. The second kappa shape index (κ2) is 2.86. The maximum atomic E-state index is 11.7. The summed E-state index contributed by atoms with van der Waals surface area (Å²) in [5.74, 6) is 0. The van der Waals surface area contributed by atoms with Gasteiger partial charge in [-0.25, -0.2) is 0 Å². The van der Waals surface area contributed by atoms with Crippen LogP contribution < -0.4 is 0 Å². The molecular formula is C6H5F3N2. The molecule has 0 aliphatic heterocycles. The number of nitrogens with zero attached hydrogens (tertiary/aromatic N) is 2. The minimum Gasteiger partial charge on any atom is -0.261 e. The molecule has 0 amide bonds. The predicted octanol–water partition coefficient (Wildman–Crippen LogP) is 1.58. The van der Waals surface area contributed by atoms with E-state index in [1.54, 1.807) is 0 Å². The SMILES string of the molecule is FC(F)(F)Cc1cnccn1. The van der Waals surface area contributed by atoms with Gasteiger partial charge in [-0.1, -0.05) is 0 Å². The smallest absolute Gasteiger partial charge is 0.261 e. The van der Waals surface area contributed by atoms with Crippen molar-refractivity contribution >= 4 is 0 Å². The minimum absolute atomic E-state index is 0.0556. The monoisotopic (exact) mass is 162 g/mol. The number of alkyl halides is 3. The second-order valence-corrected chi connectivity index (χ2v) is 1.99. The van der Waals surface area contributed by atoms with E-state index in [2.05, 4.69) is 9.97 Å². The molecule has 0 fully saturated rings. The van der Waals surface area contributed by atoms with E-state index in [0.717, 1.165) is 6.20 Å². The normalized spacial score (nSPS) is 11.5. The van der Waals surface area contributed by atoms with Crippen LogP contribution in [0.25, 0.3) is 0 Å². The van der Waals surface area contributed by atoms with Gasteiger partial charge in [0.1, 0.15) is 0 Å². The van der Waals surface area contributed by atoms with Crippen LogP contribution in [0.5, 0.6) is 0 Å². The molecular weight excluding hydrogens is 157 g/mol. The first-order chi connectivity index (χ1) is 5.08. The zero-order valence-electron chi connectivity index (χ0n) is 5.47. The summed E-state index contributed by atoms with van der Waals surface area (Å²) < 4.78 is 35.0. The lowest BCUT2D eigenvalue weighted by molar-refractivity contribution is -0.127. The van der Waals surface area contributed by atoms with Gasteiger partial charge >= 0.3 is 6.18 Å². The van der Waals surface area contributed by atoms with Crippen molar-refractivity contribution in [1.29, 1.82) is 0 Å². The summed E-state index contributed by atoms with van der Waals surface area (Å²) in [6.45, 7) is 0. The molecule has 0 bridgehead atoms. The van der Waals surface area contributed by atoms with Crippen molar-refractivity contribution in [3.05, 3.63) is 24.3 Å². The van der Waals surface area contributed by atoms with Crippen LogP contribution in [0.4, 0.5) is 13.2 Å². The van der Waals surface area contributed by atoms with Crippen molar-refractivity contribution in [1.82, 2.24) is 9.97 Å². The molecule has 0 atom stereocenters. The largest absolute Gasteiger partial charge is 0.394 e. The highest BCUT2D eigenvalue weighted by Gasteiger charge is 2.28. The van der Waals surface area contributed by atoms with Crippen molar-refractivity contribution in [3.8, 4) is 0 Å². The van der Waals surface area contributed by atoms with Crippen LogP contribution in [-0.2, 0) is 6.42 Å². The van der Waals surface area contributed by atoms with E-state index in [1.807, 2.05) is 0 Å². The summed E-state index contributed by atoms with van der Waals surface area (Å²) in [7, 11) is 0. The van der Waals surface area contributed by atoms with Gasteiger partial charge in [-0.15, -0.1) is 0 Å². The Morgan fingerprint density at radius 2 is 2.00 bits per heavy atom. The molecule has 0 aliphatic rings. The van der Waals surface area contributed by atoms with E-state index in [1.165, 1.54) is 12.4 Å². The lowest BCUT2D eigenvalue weighted by atomic mass is 10.3. The molecule has 2 nitrogen and oxygen atoms in total. The molecule has 5 heteroatoms. The molecule has 0 saturated heterocycles. The molecule has 11 heavy (non-hydrogen) atoms. The van der Waals surface area contributed by atoms with Crippen molar-refractivity contribution < 1.29 is 13.2 Å². The standard InChI is InChI=1S/C6H5F3N2/c7-6(8,9)3-5-4-10-1-2-11-5/h1-2,4H,3H2. The third kappa shape index (κ3) is 2.97. The summed E-state index contributed by atoms with van der Waals surface area (Å²) in [4.78, 5) is 6.99. The fourth-order valence-corrected chi connectivity index (χ4v) is 0.627. The minimum atomic E-state index is -4.20. The van der Waals surface area contributed by atoms with Gasteiger partial charge < -0.3 is 0 Å². The van der Waals surface area contributed by atoms with Gasteiger partial charge in [-0.3, -0.25) is 9.97 Å². The molecule has 1 aromatic heterocycles. The first-order valence-corrected chi connectivity index (χ1v) is 2.89. The number of rotatable bonds is 1. The lowest BCUT2D eigenvalue weighted by Gasteiger charge is -2.03. The zero-order chi connectivity index (χ0) is 8.32. The summed E-state index contributed by atoms with van der Waals surface area (Å²) >= 11 is 0. The Bertz CT molecular complexity index is 219. The first-order valence-electron chi connectivity index (χ1n) is 2.89. The van der Waals surface area contributed by atoms with E-state index in [4.69, 9.17) is 0 Å². The summed E-state index contributed by atoms with van der Waals surface area (Å²) in [5.41, 5.74) is -0.0556. The molecule has 0 spiro atoms. The average molecular weight is 162 g/mol. The van der Waals surface area contributed by atoms with Gasteiger partial charge in [0, 0.05) is 18.6 Å². The molecule has 0 radical (unpaired) electrons. The Hall–Kier alpha value is -1.13. The highest BCUT2D eigenvalue weighted by molar-refractivity contribution is 4.96. The Morgan fingerprint density at radius 3 is 2.45 bits per heavy atom. The molecule has 0 unspecified atom stereocenters. The highest BCUT2D eigenvalue weighted by Crippen LogP contribution is 2.18. The average Bonchev–Trinajstić information content (AvgIpc) is 1.85. The third-order valence-electron chi connectivity index (χ3n) is 0.998. The van der Waals surface area contributed by atoms with Gasteiger partial charge in [-0.2, -0.15) is 13.2 Å². The van der Waals surface area contributed by atoms with Gasteiger partial charge in [0.05, 0.1) is 12.1 Å². The fraction of sp³-hybridized carbons (Fsp3) is 0.333.